The van der Waals surface area contributed by atoms with Crippen molar-refractivity contribution >= 4 is 5.95 Å². The largest absolute Gasteiger partial charge is 0.463 e. The SMILES string of the molecule is CCOc1nc(N)n(-c2c(C)cc(C)cc2C)n1. The summed E-state index contributed by atoms with van der Waals surface area (Å²) < 4.78 is 6.90. The Morgan fingerprint density at radius 3 is 2.39 bits per heavy atom. The van der Waals surface area contributed by atoms with Crippen LogP contribution in [-0.2, 0) is 0 Å². The zero-order chi connectivity index (χ0) is 13.3. The monoisotopic (exact) mass is 246 g/mol. The molecule has 0 amide bonds. The molecule has 1 aromatic heterocycles. The predicted octanol–water partition coefficient (Wildman–Crippen LogP) is 2.17. The average Bonchev–Trinajstić information content (AvgIpc) is 2.59. The van der Waals surface area contributed by atoms with Crippen LogP contribution in [0.5, 0.6) is 6.01 Å². The van der Waals surface area contributed by atoms with E-state index in [1.54, 1.807) is 4.68 Å². The van der Waals surface area contributed by atoms with Gasteiger partial charge in [0.05, 0.1) is 12.3 Å². The zero-order valence-electron chi connectivity index (χ0n) is 11.2. The minimum Gasteiger partial charge on any atom is -0.463 e. The van der Waals surface area contributed by atoms with Gasteiger partial charge in [-0.1, -0.05) is 17.7 Å². The van der Waals surface area contributed by atoms with Crippen molar-refractivity contribution in [2.75, 3.05) is 12.3 Å². The molecule has 0 saturated carbocycles. The number of rotatable bonds is 3. The molecule has 1 aromatic carbocycles. The summed E-state index contributed by atoms with van der Waals surface area (Å²) in [4.78, 5) is 4.09. The van der Waals surface area contributed by atoms with Gasteiger partial charge < -0.3 is 10.5 Å². The maximum absolute atomic E-state index is 5.89. The van der Waals surface area contributed by atoms with Crippen LogP contribution in [0.4, 0.5) is 5.95 Å². The molecule has 0 aliphatic heterocycles. The highest BCUT2D eigenvalue weighted by atomic mass is 16.5. The first-order valence-corrected chi connectivity index (χ1v) is 5.96. The predicted molar refractivity (Wildman–Crippen MR) is 71.2 cm³/mol. The smallest absolute Gasteiger partial charge is 0.337 e. The van der Waals surface area contributed by atoms with Gasteiger partial charge in [-0.25, -0.2) is 0 Å². The molecule has 0 aliphatic carbocycles. The van der Waals surface area contributed by atoms with Crippen LogP contribution in [0, 0.1) is 20.8 Å². The molecular weight excluding hydrogens is 228 g/mol. The van der Waals surface area contributed by atoms with E-state index in [2.05, 4.69) is 29.1 Å². The van der Waals surface area contributed by atoms with Gasteiger partial charge in [0, 0.05) is 0 Å². The molecule has 2 rings (SSSR count). The fourth-order valence-corrected chi connectivity index (χ4v) is 2.17. The van der Waals surface area contributed by atoms with Crippen LogP contribution in [0.1, 0.15) is 23.6 Å². The number of benzene rings is 1. The summed E-state index contributed by atoms with van der Waals surface area (Å²) in [5.41, 5.74) is 10.3. The number of nitrogen functional groups attached to an aromatic ring is 1. The number of hydrogen-bond donors (Lipinski definition) is 1. The lowest BCUT2D eigenvalue weighted by atomic mass is 10.1. The van der Waals surface area contributed by atoms with Crippen molar-refractivity contribution in [2.45, 2.75) is 27.7 Å². The summed E-state index contributed by atoms with van der Waals surface area (Å²) in [7, 11) is 0. The van der Waals surface area contributed by atoms with Gasteiger partial charge in [0.1, 0.15) is 0 Å². The van der Waals surface area contributed by atoms with Gasteiger partial charge in [0.15, 0.2) is 0 Å². The third-order valence-electron chi connectivity index (χ3n) is 2.73. The van der Waals surface area contributed by atoms with Crippen molar-refractivity contribution in [2.24, 2.45) is 0 Å². The van der Waals surface area contributed by atoms with Gasteiger partial charge in [-0.3, -0.25) is 0 Å². The molecule has 0 atom stereocenters. The quantitative estimate of drug-likeness (QED) is 0.901. The Kier molecular flexibility index (Phi) is 3.23. The topological polar surface area (TPSA) is 66.0 Å². The molecule has 0 radical (unpaired) electrons. The van der Waals surface area contributed by atoms with Crippen molar-refractivity contribution < 1.29 is 4.74 Å². The van der Waals surface area contributed by atoms with E-state index in [1.165, 1.54) is 5.56 Å². The van der Waals surface area contributed by atoms with Gasteiger partial charge in [0.25, 0.3) is 0 Å². The summed E-state index contributed by atoms with van der Waals surface area (Å²) in [6, 6.07) is 4.52. The number of anilines is 1. The van der Waals surface area contributed by atoms with Gasteiger partial charge in [-0.2, -0.15) is 9.67 Å². The summed E-state index contributed by atoms with van der Waals surface area (Å²) in [6.45, 7) is 8.56. The van der Waals surface area contributed by atoms with E-state index in [0.717, 1.165) is 16.8 Å². The first-order valence-electron chi connectivity index (χ1n) is 5.96. The normalized spacial score (nSPS) is 10.7. The van der Waals surface area contributed by atoms with Gasteiger partial charge >= 0.3 is 6.01 Å². The Morgan fingerprint density at radius 2 is 1.83 bits per heavy atom. The molecule has 0 spiro atoms. The molecule has 1 heterocycles. The Bertz CT molecular complexity index is 551. The molecule has 5 nitrogen and oxygen atoms in total. The highest BCUT2D eigenvalue weighted by Gasteiger charge is 2.13. The molecule has 96 valence electrons. The summed E-state index contributed by atoms with van der Waals surface area (Å²) in [5, 5.41) is 4.28. The van der Waals surface area contributed by atoms with Crippen molar-refractivity contribution in [3.8, 4) is 11.7 Å². The molecule has 2 N–H and O–H groups in total. The van der Waals surface area contributed by atoms with Crippen LogP contribution in [0.2, 0.25) is 0 Å². The van der Waals surface area contributed by atoms with E-state index in [9.17, 15) is 0 Å². The molecule has 5 heteroatoms. The molecule has 0 bridgehead atoms. The lowest BCUT2D eigenvalue weighted by Gasteiger charge is -2.11. The number of nitrogens with zero attached hydrogens (tertiary/aromatic N) is 3. The van der Waals surface area contributed by atoms with Crippen LogP contribution in [-0.4, -0.2) is 21.4 Å². The van der Waals surface area contributed by atoms with Crippen LogP contribution in [0.25, 0.3) is 5.69 Å². The first kappa shape index (κ1) is 12.4. The molecule has 2 aromatic rings. The lowest BCUT2D eigenvalue weighted by molar-refractivity contribution is 0.312. The fraction of sp³-hybridized carbons (Fsp3) is 0.385. The van der Waals surface area contributed by atoms with E-state index < -0.39 is 0 Å². The zero-order valence-corrected chi connectivity index (χ0v) is 11.2. The highest BCUT2D eigenvalue weighted by Crippen LogP contribution is 2.23. The summed E-state index contributed by atoms with van der Waals surface area (Å²) in [5.74, 6) is 0.341. The molecule has 0 aliphatic rings. The minimum atomic E-state index is 0.314. The maximum atomic E-state index is 5.89. The number of aromatic nitrogens is 3. The molecule has 0 fully saturated rings. The maximum Gasteiger partial charge on any atom is 0.337 e. The van der Waals surface area contributed by atoms with E-state index in [0.29, 0.717) is 18.6 Å². The van der Waals surface area contributed by atoms with Gasteiger partial charge in [0.2, 0.25) is 5.95 Å². The third-order valence-corrected chi connectivity index (χ3v) is 2.73. The second-order valence-electron chi connectivity index (χ2n) is 4.34. The first-order chi connectivity index (χ1) is 8.52. The molecular formula is C13H18N4O. The van der Waals surface area contributed by atoms with E-state index in [4.69, 9.17) is 10.5 Å². The summed E-state index contributed by atoms with van der Waals surface area (Å²) in [6.07, 6.45) is 0. The number of nitrogens with two attached hydrogens (primary N) is 1. The molecule has 18 heavy (non-hydrogen) atoms. The van der Waals surface area contributed by atoms with Crippen molar-refractivity contribution in [1.29, 1.82) is 0 Å². The Morgan fingerprint density at radius 1 is 1.22 bits per heavy atom. The van der Waals surface area contributed by atoms with Crippen LogP contribution >= 0.6 is 0 Å². The Labute approximate surface area is 107 Å². The third kappa shape index (κ3) is 2.16. The van der Waals surface area contributed by atoms with Crippen molar-refractivity contribution in [1.82, 2.24) is 14.8 Å². The lowest BCUT2D eigenvalue weighted by Crippen LogP contribution is -2.06. The Hall–Kier alpha value is -2.04. The minimum absolute atomic E-state index is 0.314. The number of aryl methyl sites for hydroxylation is 3. The van der Waals surface area contributed by atoms with Gasteiger partial charge in [-0.05, 0) is 38.8 Å². The standard InChI is InChI=1S/C13H18N4O/c1-5-18-13-15-12(14)17(16-13)11-9(3)6-8(2)7-10(11)4/h6-7H,5H2,1-4H3,(H2,14,15,16). The van der Waals surface area contributed by atoms with E-state index in [1.807, 2.05) is 20.8 Å². The summed E-state index contributed by atoms with van der Waals surface area (Å²) >= 11 is 0. The Balaban J connectivity index is 2.55. The second kappa shape index (κ2) is 4.68. The van der Waals surface area contributed by atoms with Crippen LogP contribution < -0.4 is 10.5 Å². The highest BCUT2D eigenvalue weighted by molar-refractivity contribution is 5.51. The number of ether oxygens (including phenoxy) is 1. The van der Waals surface area contributed by atoms with Crippen molar-refractivity contribution in [3.63, 3.8) is 0 Å². The van der Waals surface area contributed by atoms with Crippen molar-refractivity contribution in [3.05, 3.63) is 28.8 Å². The van der Waals surface area contributed by atoms with Crippen LogP contribution in [0.3, 0.4) is 0 Å². The van der Waals surface area contributed by atoms with E-state index in [-0.39, 0.29) is 0 Å². The van der Waals surface area contributed by atoms with Crippen LogP contribution in [0.15, 0.2) is 12.1 Å². The van der Waals surface area contributed by atoms with Gasteiger partial charge in [-0.15, -0.1) is 5.10 Å². The fourth-order valence-electron chi connectivity index (χ4n) is 2.17. The average molecular weight is 246 g/mol. The molecule has 0 unspecified atom stereocenters. The van der Waals surface area contributed by atoms with E-state index >= 15 is 0 Å². The second-order valence-corrected chi connectivity index (χ2v) is 4.34. The molecule has 0 saturated heterocycles. The number of hydrogen-bond acceptors (Lipinski definition) is 4.